The Morgan fingerprint density at radius 2 is 0.941 bits per heavy atom. The van der Waals surface area contributed by atoms with Crippen molar-refractivity contribution in [3.8, 4) is 0 Å². The Morgan fingerprint density at radius 3 is 1.31 bits per heavy atom. The number of anilines is 2. The predicted molar refractivity (Wildman–Crippen MR) is 427 cm³/mol. The lowest BCUT2D eigenvalue weighted by Crippen LogP contribution is -2.54. The number of carbonyl (C=O) groups is 9. The highest BCUT2D eigenvalue weighted by molar-refractivity contribution is 7.90. The van der Waals surface area contributed by atoms with Crippen molar-refractivity contribution in [2.24, 2.45) is 52.5 Å². The number of nitrogens with zero attached hydrogens (tertiary/aromatic N) is 4. The highest BCUT2D eigenvalue weighted by atomic mass is 32.2. The molecule has 36 heteroatoms. The van der Waals surface area contributed by atoms with E-state index >= 15 is 0 Å². The smallest absolute Gasteiger partial charge is 0.471 e. The third kappa shape index (κ3) is 30.9. The van der Waals surface area contributed by atoms with Gasteiger partial charge in [-0.25, -0.2) is 26.7 Å². The van der Waals surface area contributed by atoms with Crippen LogP contribution in [0.15, 0.2) is 119 Å². The summed E-state index contributed by atoms with van der Waals surface area (Å²) in [4.78, 5) is 121. The third-order valence-corrected chi connectivity index (χ3v) is 24.0. The molecule has 660 valence electrons. The lowest BCUT2D eigenvalue weighted by Gasteiger charge is -2.40. The van der Waals surface area contributed by atoms with Gasteiger partial charge in [0.1, 0.15) is 13.2 Å². The number of esters is 2. The number of hydrogen-bond donors (Lipinski definition) is 5. The van der Waals surface area contributed by atoms with Gasteiger partial charge in [-0.15, -0.1) is 0 Å². The van der Waals surface area contributed by atoms with Crippen LogP contribution in [0.3, 0.4) is 0 Å². The minimum atomic E-state index is -5.15. The Balaban J connectivity index is 0.000000428. The molecule has 14 atom stereocenters. The van der Waals surface area contributed by atoms with E-state index < -0.39 is 115 Å². The van der Waals surface area contributed by atoms with Gasteiger partial charge in [-0.1, -0.05) is 136 Å². The topological polar surface area (TPSA) is 373 Å². The molecule has 0 aliphatic carbocycles. The maximum absolute atomic E-state index is 14.1. The van der Waals surface area contributed by atoms with Gasteiger partial charge in [-0.3, -0.25) is 43.2 Å². The normalized spacial score (nSPS) is 17.6. The number of nitrogens with two attached hydrogens (primary N) is 1. The Hall–Kier alpha value is -8.65. The van der Waals surface area contributed by atoms with E-state index in [-0.39, 0.29) is 120 Å². The van der Waals surface area contributed by atoms with Crippen LogP contribution < -0.4 is 20.5 Å². The van der Waals surface area contributed by atoms with E-state index in [1.165, 1.54) is 28.3 Å². The summed E-state index contributed by atoms with van der Waals surface area (Å²) < 4.78 is 158. The zero-order chi connectivity index (χ0) is 88.9. The van der Waals surface area contributed by atoms with E-state index in [1.807, 2.05) is 100 Å². The van der Waals surface area contributed by atoms with Crippen LogP contribution >= 0.6 is 0 Å². The van der Waals surface area contributed by atoms with Crippen LogP contribution in [-0.4, -0.2) is 218 Å². The predicted octanol–water partition coefficient (Wildman–Crippen LogP) is 11.0. The summed E-state index contributed by atoms with van der Waals surface area (Å²) in [5.74, 6) is -9.91. The third-order valence-electron chi connectivity index (χ3n) is 21.7. The van der Waals surface area contributed by atoms with Crippen LogP contribution in [0.5, 0.6) is 0 Å². The first-order chi connectivity index (χ1) is 55.2. The first kappa shape index (κ1) is 102. The molecule has 4 aromatic rings. The van der Waals surface area contributed by atoms with Crippen molar-refractivity contribution in [3.05, 3.63) is 120 Å². The molecular weight excluding hydrogens is 1600 g/mol. The fourth-order valence-electron chi connectivity index (χ4n) is 14.5. The number of sulfonamides is 2. The number of carbonyl (C=O) groups excluding carboxylic acids is 8. The van der Waals surface area contributed by atoms with E-state index in [0.29, 0.717) is 51.7 Å². The zero-order valence-electron chi connectivity index (χ0n) is 69.9. The number of rotatable bonds is 40. The molecule has 0 aromatic heterocycles. The van der Waals surface area contributed by atoms with Gasteiger partial charge in [0.2, 0.25) is 33.7 Å². The lowest BCUT2D eigenvalue weighted by molar-refractivity contribution is -0.167. The summed E-state index contributed by atoms with van der Waals surface area (Å²) in [6, 6.07) is 25.1. The number of hydrogen-bond acceptors (Lipinski definition) is 20. The van der Waals surface area contributed by atoms with Crippen molar-refractivity contribution < 1.29 is 120 Å². The van der Waals surface area contributed by atoms with Crippen molar-refractivity contribution >= 4 is 84.8 Å². The summed E-state index contributed by atoms with van der Waals surface area (Å²) in [5.41, 5.74) is 1.30. The number of halogens is 6. The molecule has 2 aliphatic rings. The molecule has 4 aromatic carbocycles. The number of likely N-dealkylation sites (tertiary alicyclic amines) is 2. The summed E-state index contributed by atoms with van der Waals surface area (Å²) in [7, 11) is 1.25. The summed E-state index contributed by atoms with van der Waals surface area (Å²) in [6.45, 7) is 21.2. The molecule has 0 bridgehead atoms. The van der Waals surface area contributed by atoms with E-state index in [4.69, 9.17) is 33.6 Å². The minimum absolute atomic E-state index is 0.0457. The molecule has 0 spiro atoms. The van der Waals surface area contributed by atoms with Crippen LogP contribution in [0, 0.1) is 47.3 Å². The number of nitrogens with one attached hydrogen (secondary N) is 3. The summed E-state index contributed by atoms with van der Waals surface area (Å²) >= 11 is 0. The van der Waals surface area contributed by atoms with Gasteiger partial charge >= 0.3 is 42.1 Å². The Morgan fingerprint density at radius 1 is 0.542 bits per heavy atom. The largest absolute Gasteiger partial charge is 0.481 e. The fourth-order valence-corrected chi connectivity index (χ4v) is 16.1. The van der Waals surface area contributed by atoms with Crippen molar-refractivity contribution in [2.45, 2.75) is 217 Å². The molecule has 2 aliphatic heterocycles. The highest BCUT2D eigenvalue weighted by Crippen LogP contribution is 2.34. The van der Waals surface area contributed by atoms with Gasteiger partial charge in [0, 0.05) is 79.0 Å². The minimum Gasteiger partial charge on any atom is -0.481 e. The number of amides is 6. The molecule has 0 unspecified atom stereocenters. The molecule has 6 amide bonds. The standard InChI is InChI=1S/C41H57F3N4O10S.C33H54N2O7.C8H7F3N2O3S/c1-9-26(4)36(47(6)39(52)31(25(2)3)22-35(50)58-24-28-14-11-10-12-15-28)33(56-7)23-34(49)48-21-13-16-32(48)37(57-8)27(5)38(51)46-59(54,55)30-19-17-29(18-20-30)45-40(53)41(42,43)44;1-9-23(4)31(34(6)20-26(22(2)3)18-30(37)42-21-25-14-11-10-12-15-25)28(40-7)19-29(36)35-17-13-16-27(35)32(41-8)24(5)33(38)39;9-8(10,11)7(14)13-5-1-3-6(4-2-5)17(12,15)16/h10-12,14-15,17-20,25-27,31-33,36-37H,9,13,16,21-24H2,1-8H3,(H,45,53)(H,46,51);10-12,14-15,22-24,26-28,31-32H,9,13,16-21H2,1-8H3,(H,38,39);1-4H,(H,13,14)(H2,12,15,16)/t26-,27+,31-,32-,33+,36-,37+;23-,24+,26+,27-,28+,31-,32+;/m00./s1. The molecule has 6 N–H and O–H groups in total. The van der Waals surface area contributed by atoms with Gasteiger partial charge < -0.3 is 63.8 Å². The van der Waals surface area contributed by atoms with Crippen LogP contribution in [-0.2, 0) is 105 Å². The van der Waals surface area contributed by atoms with E-state index in [1.54, 1.807) is 46.4 Å². The van der Waals surface area contributed by atoms with Gasteiger partial charge in [-0.05, 0) is 129 Å². The maximum Gasteiger partial charge on any atom is 0.471 e. The van der Waals surface area contributed by atoms with Crippen molar-refractivity contribution in [2.75, 3.05) is 72.8 Å². The Kier molecular flexibility index (Phi) is 40.8. The number of likely N-dealkylation sites (N-methyl/N-ethyl adjacent to an activating group) is 2. The molecule has 0 radical (unpaired) electrons. The summed E-state index contributed by atoms with van der Waals surface area (Å²) in [6.07, 6.45) is -8.45. The fraction of sp³-hybridized carbons (Fsp3) is 0.598. The molecule has 2 fully saturated rings. The molecule has 28 nitrogen and oxygen atoms in total. The lowest BCUT2D eigenvalue weighted by atomic mass is 9.87. The van der Waals surface area contributed by atoms with Crippen LogP contribution in [0.4, 0.5) is 37.7 Å². The molecule has 0 saturated carbocycles. The van der Waals surface area contributed by atoms with Gasteiger partial charge in [0.15, 0.2) is 0 Å². The first-order valence-electron chi connectivity index (χ1n) is 39.1. The Labute approximate surface area is 688 Å². The number of primary sulfonamides is 1. The number of methoxy groups -OCH3 is 4. The van der Waals surface area contributed by atoms with Crippen LogP contribution in [0.25, 0.3) is 0 Å². The maximum atomic E-state index is 14.1. The molecule has 2 saturated heterocycles. The Bertz CT molecular complexity index is 4120. The number of ether oxygens (including phenoxy) is 6. The van der Waals surface area contributed by atoms with Gasteiger partial charge in [0.05, 0.1) is 89.3 Å². The zero-order valence-corrected chi connectivity index (χ0v) is 71.5. The molecular formula is C82H118F6N8O20S2. The second-order valence-electron chi connectivity index (χ2n) is 30.5. The van der Waals surface area contributed by atoms with Crippen LogP contribution in [0.1, 0.15) is 145 Å². The number of aliphatic carboxylic acids is 1. The SMILES string of the molecule is CC[C@H](C)[C@@H]([C@@H](CC(=O)N1CCC[C@H]1[C@H](OC)[C@@H](C)C(=O)NS(=O)(=O)c1ccc(NC(=O)C(F)(F)F)cc1)OC)N(C)C(=O)[C@@H](CC(=O)OCc1ccccc1)C(C)C.CC[C@H](C)[C@@H]([C@@H](CC(=O)N1CCC[C@H]1[C@H](OC)[C@@H](C)C(=O)O)OC)N(C)C[C@@H](CC(=O)OCc1ccccc1)C(C)C.NS(=O)(=O)c1ccc(NC(=O)C(F)(F)F)cc1. The van der Waals surface area contributed by atoms with Crippen LogP contribution in [0.2, 0.25) is 0 Å². The quantitative estimate of drug-likeness (QED) is 0.0204. The van der Waals surface area contributed by atoms with E-state index in [9.17, 15) is 91.4 Å². The van der Waals surface area contributed by atoms with Crippen molar-refractivity contribution in [1.82, 2.24) is 24.3 Å². The molecule has 118 heavy (non-hydrogen) atoms. The average molecular weight is 1710 g/mol. The molecule has 2 heterocycles. The van der Waals surface area contributed by atoms with Crippen molar-refractivity contribution in [3.63, 3.8) is 0 Å². The highest BCUT2D eigenvalue weighted by Gasteiger charge is 2.46. The van der Waals surface area contributed by atoms with Gasteiger partial charge in [0.25, 0.3) is 10.0 Å². The molecule has 6 rings (SSSR count). The number of alkyl halides is 6. The number of carboxylic acid groups (broad SMARTS) is 1. The number of benzene rings is 4. The first-order valence-corrected chi connectivity index (χ1v) is 42.1. The summed E-state index contributed by atoms with van der Waals surface area (Å²) in [5, 5.41) is 17.5. The second kappa shape index (κ2) is 47.4. The monoisotopic (exact) mass is 1710 g/mol. The van der Waals surface area contributed by atoms with E-state index in [2.05, 4.69) is 32.6 Å². The second-order valence-corrected chi connectivity index (χ2v) is 33.8. The van der Waals surface area contributed by atoms with Crippen molar-refractivity contribution in [1.29, 1.82) is 0 Å². The number of carboxylic acids is 1. The average Bonchev–Trinajstić information content (AvgIpc) is 1.49. The van der Waals surface area contributed by atoms with Gasteiger partial charge in [-0.2, -0.15) is 26.3 Å². The van der Waals surface area contributed by atoms with E-state index in [0.717, 1.165) is 72.5 Å².